The molecule has 0 aliphatic rings. The number of nitrogens with zero attached hydrogens (tertiary/aromatic N) is 2. The summed E-state index contributed by atoms with van der Waals surface area (Å²) in [6.07, 6.45) is 1.86. The molecule has 0 atom stereocenters. The summed E-state index contributed by atoms with van der Waals surface area (Å²) in [4.78, 5) is 9.11. The largest absolute Gasteiger partial charge is 0.436 e. The first-order chi connectivity index (χ1) is 11.8. The van der Waals surface area contributed by atoms with Gasteiger partial charge in [0.25, 0.3) is 0 Å². The molecule has 0 radical (unpaired) electrons. The summed E-state index contributed by atoms with van der Waals surface area (Å²) in [7, 11) is 0. The Morgan fingerprint density at radius 3 is 2.62 bits per heavy atom. The predicted octanol–water partition coefficient (Wildman–Crippen LogP) is 5.85. The maximum atomic E-state index is 5.82. The van der Waals surface area contributed by atoms with Crippen LogP contribution in [0.5, 0.6) is 0 Å². The Labute approximate surface area is 153 Å². The highest BCUT2D eigenvalue weighted by Crippen LogP contribution is 2.27. The van der Waals surface area contributed by atoms with Crippen molar-refractivity contribution in [3.8, 4) is 11.5 Å². The number of rotatable bonds is 3. The van der Waals surface area contributed by atoms with Gasteiger partial charge in [-0.1, -0.05) is 30.3 Å². The normalized spacial score (nSPS) is 11.4. The monoisotopic (exact) mass is 424 g/mol. The van der Waals surface area contributed by atoms with Gasteiger partial charge in [-0.3, -0.25) is 4.99 Å². The molecule has 0 aliphatic heterocycles. The summed E-state index contributed by atoms with van der Waals surface area (Å²) < 4.78 is 7.01. The van der Waals surface area contributed by atoms with E-state index in [4.69, 9.17) is 4.42 Å². The third kappa shape index (κ3) is 3.23. The van der Waals surface area contributed by atoms with Gasteiger partial charge in [-0.2, -0.15) is 0 Å². The van der Waals surface area contributed by atoms with Gasteiger partial charge in [-0.15, -0.1) is 0 Å². The van der Waals surface area contributed by atoms with Crippen LogP contribution in [-0.2, 0) is 0 Å². The number of hydrogen-bond donors (Lipinski definition) is 0. The van der Waals surface area contributed by atoms with Crippen molar-refractivity contribution in [3.05, 3.63) is 81.9 Å². The molecule has 0 amide bonds. The van der Waals surface area contributed by atoms with Crippen LogP contribution in [0.4, 0.5) is 5.69 Å². The second kappa shape index (κ2) is 6.57. The molecular weight excluding hydrogens is 411 g/mol. The van der Waals surface area contributed by atoms with Crippen LogP contribution in [0.1, 0.15) is 5.56 Å². The summed E-state index contributed by atoms with van der Waals surface area (Å²) in [6.45, 7) is 0. The predicted molar refractivity (Wildman–Crippen MR) is 106 cm³/mol. The zero-order chi connectivity index (χ0) is 16.4. The minimum absolute atomic E-state index is 0.629. The minimum Gasteiger partial charge on any atom is -0.436 e. The van der Waals surface area contributed by atoms with Gasteiger partial charge >= 0.3 is 0 Å². The van der Waals surface area contributed by atoms with Gasteiger partial charge in [0.2, 0.25) is 5.89 Å². The van der Waals surface area contributed by atoms with Crippen LogP contribution >= 0.6 is 22.6 Å². The van der Waals surface area contributed by atoms with E-state index in [1.165, 1.54) is 3.57 Å². The van der Waals surface area contributed by atoms with Crippen molar-refractivity contribution in [2.75, 3.05) is 0 Å². The third-order valence-corrected chi connectivity index (χ3v) is 4.27. The van der Waals surface area contributed by atoms with Crippen molar-refractivity contribution in [3.63, 3.8) is 0 Å². The summed E-state index contributed by atoms with van der Waals surface area (Å²) in [5, 5.41) is 0. The van der Waals surface area contributed by atoms with Crippen molar-refractivity contribution in [1.29, 1.82) is 0 Å². The van der Waals surface area contributed by atoms with Gasteiger partial charge in [0, 0.05) is 15.3 Å². The zero-order valence-corrected chi connectivity index (χ0v) is 14.8. The Kier molecular flexibility index (Phi) is 4.13. The average Bonchev–Trinajstić information content (AvgIpc) is 3.04. The summed E-state index contributed by atoms with van der Waals surface area (Å²) in [5.74, 6) is 0.629. The van der Waals surface area contributed by atoms with Gasteiger partial charge in [-0.25, -0.2) is 4.98 Å². The van der Waals surface area contributed by atoms with Crippen molar-refractivity contribution in [1.82, 2.24) is 4.98 Å². The Morgan fingerprint density at radius 1 is 0.917 bits per heavy atom. The molecule has 0 unspecified atom stereocenters. The van der Waals surface area contributed by atoms with Gasteiger partial charge in [0.15, 0.2) is 5.58 Å². The number of aliphatic imine (C=N–C) groups is 1. The van der Waals surface area contributed by atoms with Gasteiger partial charge in [0.05, 0.1) is 5.69 Å². The first-order valence-corrected chi connectivity index (χ1v) is 8.61. The second-order valence-corrected chi connectivity index (χ2v) is 6.60. The smallest absolute Gasteiger partial charge is 0.227 e. The highest BCUT2D eigenvalue weighted by Gasteiger charge is 2.08. The van der Waals surface area contributed by atoms with E-state index >= 15 is 0 Å². The quantitative estimate of drug-likeness (QED) is 0.306. The van der Waals surface area contributed by atoms with Crippen LogP contribution in [0.3, 0.4) is 0 Å². The molecular formula is C20H13IN2O. The van der Waals surface area contributed by atoms with Crippen LogP contribution in [0.15, 0.2) is 82.2 Å². The molecule has 116 valence electrons. The zero-order valence-electron chi connectivity index (χ0n) is 12.7. The summed E-state index contributed by atoms with van der Waals surface area (Å²) in [5.41, 5.74) is 4.48. The van der Waals surface area contributed by atoms with Crippen LogP contribution < -0.4 is 0 Å². The molecule has 3 aromatic carbocycles. The fraction of sp³-hybridized carbons (Fsp3) is 0. The van der Waals surface area contributed by atoms with E-state index in [1.807, 2.05) is 66.9 Å². The van der Waals surface area contributed by atoms with Gasteiger partial charge in [-0.05, 0) is 70.6 Å². The fourth-order valence-corrected chi connectivity index (χ4v) is 3.00. The molecule has 0 bridgehead atoms. The highest BCUT2D eigenvalue weighted by atomic mass is 127. The maximum absolute atomic E-state index is 5.82. The summed E-state index contributed by atoms with van der Waals surface area (Å²) >= 11 is 2.30. The van der Waals surface area contributed by atoms with Crippen LogP contribution in [0.25, 0.3) is 22.6 Å². The van der Waals surface area contributed by atoms with E-state index in [0.29, 0.717) is 5.89 Å². The number of oxazole rings is 1. The SMILES string of the molecule is Ic1cccc(C=Nc2ccc3oc(-c4ccccc4)nc3c2)c1. The number of benzene rings is 3. The van der Waals surface area contributed by atoms with Crippen molar-refractivity contribution in [2.45, 2.75) is 0 Å². The Morgan fingerprint density at radius 2 is 1.79 bits per heavy atom. The minimum atomic E-state index is 0.629. The molecule has 4 aromatic rings. The molecule has 1 aromatic heterocycles. The molecule has 0 fully saturated rings. The maximum Gasteiger partial charge on any atom is 0.227 e. The van der Waals surface area contributed by atoms with Crippen molar-refractivity contribution >= 4 is 45.6 Å². The van der Waals surface area contributed by atoms with E-state index in [2.05, 4.69) is 44.7 Å². The van der Waals surface area contributed by atoms with Crippen LogP contribution in [0.2, 0.25) is 0 Å². The average molecular weight is 424 g/mol. The number of fused-ring (bicyclic) bond motifs is 1. The van der Waals surface area contributed by atoms with Crippen molar-refractivity contribution < 1.29 is 4.42 Å². The molecule has 4 heteroatoms. The molecule has 0 saturated heterocycles. The number of hydrogen-bond acceptors (Lipinski definition) is 3. The lowest BCUT2D eigenvalue weighted by molar-refractivity contribution is 0.620. The first-order valence-electron chi connectivity index (χ1n) is 7.54. The molecule has 0 saturated carbocycles. The van der Waals surface area contributed by atoms with E-state index in [1.54, 1.807) is 0 Å². The standard InChI is InChI=1S/C20H13IN2O/c21-16-8-4-5-14(11-16)13-22-17-9-10-19-18(12-17)23-20(24-19)15-6-2-1-3-7-15/h1-13H. The molecule has 3 nitrogen and oxygen atoms in total. The topological polar surface area (TPSA) is 38.4 Å². The van der Waals surface area contributed by atoms with Gasteiger partial charge < -0.3 is 4.42 Å². The van der Waals surface area contributed by atoms with E-state index in [-0.39, 0.29) is 0 Å². The Hall–Kier alpha value is -2.47. The first kappa shape index (κ1) is 15.1. The third-order valence-electron chi connectivity index (χ3n) is 3.60. The molecule has 0 aliphatic carbocycles. The molecule has 4 rings (SSSR count). The lowest BCUT2D eigenvalue weighted by Crippen LogP contribution is -1.81. The molecule has 24 heavy (non-hydrogen) atoms. The number of aromatic nitrogens is 1. The van der Waals surface area contributed by atoms with E-state index < -0.39 is 0 Å². The Balaban J connectivity index is 1.66. The van der Waals surface area contributed by atoms with E-state index in [9.17, 15) is 0 Å². The lowest BCUT2D eigenvalue weighted by Gasteiger charge is -1.95. The van der Waals surface area contributed by atoms with Crippen molar-refractivity contribution in [2.24, 2.45) is 4.99 Å². The van der Waals surface area contributed by atoms with Crippen LogP contribution in [-0.4, -0.2) is 11.2 Å². The van der Waals surface area contributed by atoms with Gasteiger partial charge in [0.1, 0.15) is 5.52 Å². The highest BCUT2D eigenvalue weighted by molar-refractivity contribution is 14.1. The molecule has 0 spiro atoms. The molecule has 1 heterocycles. The fourth-order valence-electron chi connectivity index (χ4n) is 2.44. The summed E-state index contributed by atoms with van der Waals surface area (Å²) in [6, 6.07) is 23.9. The number of halogens is 1. The van der Waals surface area contributed by atoms with Crippen LogP contribution in [0, 0.1) is 3.57 Å². The Bertz CT molecular complexity index is 1020. The lowest BCUT2D eigenvalue weighted by atomic mass is 10.2. The molecule has 0 N–H and O–H groups in total. The van der Waals surface area contributed by atoms with E-state index in [0.717, 1.165) is 27.9 Å². The second-order valence-electron chi connectivity index (χ2n) is 5.35.